The highest BCUT2D eigenvalue weighted by molar-refractivity contribution is 5.91. The number of pyridine rings is 1. The first-order chi connectivity index (χ1) is 5.34. The van der Waals surface area contributed by atoms with Crippen LogP contribution in [0.15, 0.2) is 24.5 Å². The van der Waals surface area contributed by atoms with Crippen LogP contribution >= 0.6 is 12.4 Å². The third-order valence-corrected chi connectivity index (χ3v) is 1.23. The number of rotatable bonds is 2. The standard InChI is InChI=1S/C8H10N2O.ClH/c1-2-11-8(9)7-3-5-10-6-4-7;/h3-6,9H,2H2,1H3;1H. The number of hydrogen-bond acceptors (Lipinski definition) is 3. The lowest BCUT2D eigenvalue weighted by Gasteiger charge is -2.02. The van der Waals surface area contributed by atoms with Gasteiger partial charge >= 0.3 is 0 Å². The quantitative estimate of drug-likeness (QED) is 0.566. The molecule has 3 nitrogen and oxygen atoms in total. The van der Waals surface area contributed by atoms with Crippen LogP contribution in [0.3, 0.4) is 0 Å². The van der Waals surface area contributed by atoms with Crippen LogP contribution in [-0.2, 0) is 4.74 Å². The Kier molecular flexibility index (Phi) is 5.04. The predicted molar refractivity (Wildman–Crippen MR) is 49.9 cm³/mol. The number of hydrogen-bond donors (Lipinski definition) is 1. The van der Waals surface area contributed by atoms with Gasteiger partial charge in [0, 0.05) is 18.0 Å². The Balaban J connectivity index is 0.00000121. The molecule has 4 heteroatoms. The molecule has 66 valence electrons. The van der Waals surface area contributed by atoms with Crippen LogP contribution in [0.1, 0.15) is 12.5 Å². The van der Waals surface area contributed by atoms with Crippen molar-refractivity contribution in [1.82, 2.24) is 4.98 Å². The third-order valence-electron chi connectivity index (χ3n) is 1.23. The zero-order valence-electron chi connectivity index (χ0n) is 6.78. The molecule has 1 N–H and O–H groups in total. The van der Waals surface area contributed by atoms with Gasteiger partial charge in [-0.15, -0.1) is 12.4 Å². The number of aromatic nitrogens is 1. The first-order valence-electron chi connectivity index (χ1n) is 3.46. The molecule has 0 atom stereocenters. The van der Waals surface area contributed by atoms with Crippen molar-refractivity contribution in [1.29, 1.82) is 5.41 Å². The fourth-order valence-electron chi connectivity index (χ4n) is 0.731. The minimum Gasteiger partial charge on any atom is -0.478 e. The molecule has 1 aromatic heterocycles. The normalized spacial score (nSPS) is 8.42. The summed E-state index contributed by atoms with van der Waals surface area (Å²) in [6.45, 7) is 2.39. The van der Waals surface area contributed by atoms with Crippen molar-refractivity contribution in [2.75, 3.05) is 6.61 Å². The molecule has 0 unspecified atom stereocenters. The van der Waals surface area contributed by atoms with Gasteiger partial charge in [-0.3, -0.25) is 10.4 Å². The molecule has 0 fully saturated rings. The Hall–Kier alpha value is -1.09. The molecule has 1 heterocycles. The zero-order chi connectivity index (χ0) is 8.10. The summed E-state index contributed by atoms with van der Waals surface area (Å²) >= 11 is 0. The lowest BCUT2D eigenvalue weighted by Crippen LogP contribution is -2.03. The van der Waals surface area contributed by atoms with Gasteiger partial charge in [-0.1, -0.05) is 0 Å². The lowest BCUT2D eigenvalue weighted by atomic mass is 10.3. The van der Waals surface area contributed by atoms with Gasteiger partial charge in [0.1, 0.15) is 0 Å². The number of ether oxygens (including phenoxy) is 1. The van der Waals surface area contributed by atoms with E-state index >= 15 is 0 Å². The van der Waals surface area contributed by atoms with E-state index in [4.69, 9.17) is 10.1 Å². The van der Waals surface area contributed by atoms with Crippen molar-refractivity contribution < 1.29 is 4.74 Å². The fraction of sp³-hybridized carbons (Fsp3) is 0.250. The fourth-order valence-corrected chi connectivity index (χ4v) is 0.731. The summed E-state index contributed by atoms with van der Waals surface area (Å²) in [5.41, 5.74) is 0.766. The van der Waals surface area contributed by atoms with Crippen LogP contribution in [-0.4, -0.2) is 17.5 Å². The largest absolute Gasteiger partial charge is 0.478 e. The van der Waals surface area contributed by atoms with Gasteiger partial charge in [0.05, 0.1) is 6.61 Å². The molecule has 0 saturated heterocycles. The zero-order valence-corrected chi connectivity index (χ0v) is 7.60. The van der Waals surface area contributed by atoms with Crippen molar-refractivity contribution >= 4 is 18.3 Å². The minimum absolute atomic E-state index is 0. The maximum absolute atomic E-state index is 7.38. The third kappa shape index (κ3) is 2.88. The average Bonchev–Trinajstić information content (AvgIpc) is 2.07. The molecule has 0 aromatic carbocycles. The Labute approximate surface area is 77.7 Å². The molecule has 1 aromatic rings. The van der Waals surface area contributed by atoms with Crippen LogP contribution in [0.4, 0.5) is 0 Å². The summed E-state index contributed by atoms with van der Waals surface area (Å²) in [5, 5.41) is 7.38. The van der Waals surface area contributed by atoms with Crippen LogP contribution < -0.4 is 0 Å². The topological polar surface area (TPSA) is 46.0 Å². The molecule has 12 heavy (non-hydrogen) atoms. The average molecular weight is 187 g/mol. The Morgan fingerprint density at radius 3 is 2.58 bits per heavy atom. The summed E-state index contributed by atoms with van der Waals surface area (Å²) in [4.78, 5) is 3.84. The van der Waals surface area contributed by atoms with Crippen LogP contribution in [0, 0.1) is 5.41 Å². The molecule has 0 aliphatic carbocycles. The first kappa shape index (κ1) is 10.9. The van der Waals surface area contributed by atoms with Gasteiger partial charge in [0.15, 0.2) is 0 Å². The highest BCUT2D eigenvalue weighted by atomic mass is 35.5. The van der Waals surface area contributed by atoms with Crippen molar-refractivity contribution in [3.63, 3.8) is 0 Å². The molecule has 0 bridgehead atoms. The van der Waals surface area contributed by atoms with Crippen LogP contribution in [0.25, 0.3) is 0 Å². The molecular weight excluding hydrogens is 176 g/mol. The van der Waals surface area contributed by atoms with Crippen molar-refractivity contribution in [3.05, 3.63) is 30.1 Å². The van der Waals surface area contributed by atoms with Gasteiger partial charge < -0.3 is 4.74 Å². The van der Waals surface area contributed by atoms with Crippen molar-refractivity contribution in [2.45, 2.75) is 6.92 Å². The van der Waals surface area contributed by atoms with Crippen molar-refractivity contribution in [2.24, 2.45) is 0 Å². The second-order valence-electron chi connectivity index (χ2n) is 2.00. The van der Waals surface area contributed by atoms with E-state index in [9.17, 15) is 0 Å². The van der Waals surface area contributed by atoms with Crippen LogP contribution in [0.2, 0.25) is 0 Å². The van der Waals surface area contributed by atoms with Gasteiger partial charge in [0.2, 0.25) is 5.90 Å². The van der Waals surface area contributed by atoms with Crippen molar-refractivity contribution in [3.8, 4) is 0 Å². The molecule has 1 rings (SSSR count). The monoisotopic (exact) mass is 186 g/mol. The predicted octanol–water partition coefficient (Wildman–Crippen LogP) is 1.87. The maximum Gasteiger partial charge on any atom is 0.213 e. The lowest BCUT2D eigenvalue weighted by molar-refractivity contribution is 0.325. The van der Waals surface area contributed by atoms with E-state index in [0.717, 1.165) is 5.56 Å². The van der Waals surface area contributed by atoms with E-state index in [1.807, 2.05) is 6.92 Å². The number of halogens is 1. The molecule has 0 spiro atoms. The summed E-state index contributed by atoms with van der Waals surface area (Å²) in [6, 6.07) is 3.50. The second-order valence-corrected chi connectivity index (χ2v) is 2.00. The van der Waals surface area contributed by atoms with E-state index in [2.05, 4.69) is 4.98 Å². The second kappa shape index (κ2) is 5.55. The van der Waals surface area contributed by atoms with Gasteiger partial charge in [-0.2, -0.15) is 0 Å². The molecule has 0 saturated carbocycles. The number of nitrogens with zero attached hydrogens (tertiary/aromatic N) is 1. The molecule has 0 aliphatic heterocycles. The van der Waals surface area contributed by atoms with E-state index in [1.54, 1.807) is 24.5 Å². The first-order valence-corrected chi connectivity index (χ1v) is 3.46. The minimum atomic E-state index is 0. The van der Waals surface area contributed by atoms with E-state index < -0.39 is 0 Å². The SMILES string of the molecule is CCOC(=N)c1ccncc1.Cl. The maximum atomic E-state index is 7.38. The highest BCUT2D eigenvalue weighted by Crippen LogP contribution is 1.97. The summed E-state index contributed by atoms with van der Waals surface area (Å²) in [6.07, 6.45) is 3.28. The van der Waals surface area contributed by atoms with E-state index in [-0.39, 0.29) is 18.3 Å². The van der Waals surface area contributed by atoms with Gasteiger partial charge in [0.25, 0.3) is 0 Å². The summed E-state index contributed by atoms with van der Waals surface area (Å²) in [7, 11) is 0. The molecule has 0 aliphatic rings. The molecule has 0 amide bonds. The molecule has 0 radical (unpaired) electrons. The van der Waals surface area contributed by atoms with Gasteiger partial charge in [-0.05, 0) is 19.1 Å². The van der Waals surface area contributed by atoms with E-state index in [0.29, 0.717) is 6.61 Å². The smallest absolute Gasteiger partial charge is 0.213 e. The Morgan fingerprint density at radius 1 is 1.50 bits per heavy atom. The summed E-state index contributed by atoms with van der Waals surface area (Å²) < 4.78 is 4.98. The summed E-state index contributed by atoms with van der Waals surface area (Å²) in [5.74, 6) is 0.204. The van der Waals surface area contributed by atoms with E-state index in [1.165, 1.54) is 0 Å². The van der Waals surface area contributed by atoms with Gasteiger partial charge in [-0.25, -0.2) is 0 Å². The Bertz CT molecular complexity index is 238. The number of nitrogens with one attached hydrogen (secondary N) is 1. The highest BCUT2D eigenvalue weighted by Gasteiger charge is 1.98. The Morgan fingerprint density at radius 2 is 2.08 bits per heavy atom. The molecular formula is C8H11ClN2O. The van der Waals surface area contributed by atoms with Crippen LogP contribution in [0.5, 0.6) is 0 Å².